The smallest absolute Gasteiger partial charge is 0.136 e. The zero-order chi connectivity index (χ0) is 12.6. The molecule has 5 heteroatoms. The van der Waals surface area contributed by atoms with Crippen molar-refractivity contribution in [1.29, 1.82) is 0 Å². The topological polar surface area (TPSA) is 26.0 Å². The molecule has 0 aliphatic carbocycles. The summed E-state index contributed by atoms with van der Waals surface area (Å²) in [5, 5.41) is 0. The average Bonchev–Trinajstić information content (AvgIpc) is 2.19. The minimum atomic E-state index is -1.16. The number of hydrogen-bond acceptors (Lipinski definition) is 1. The van der Waals surface area contributed by atoms with Gasteiger partial charge in [-0.05, 0) is 18.2 Å². The summed E-state index contributed by atoms with van der Waals surface area (Å²) in [5.41, 5.74) is 4.55. The quantitative estimate of drug-likeness (QED) is 0.600. The molecule has 17 heavy (non-hydrogen) atoms. The second-order valence-corrected chi connectivity index (χ2v) is 3.48. The van der Waals surface area contributed by atoms with E-state index in [1.54, 1.807) is 0 Å². The third-order valence-electron chi connectivity index (χ3n) is 2.27. The standard InChI is InChI=1S/C12H7F4N/c13-6-3-10(15)12(11(16)4-6)8-2-1-7(17)5-9(8)14/h1-5H,17H2. The summed E-state index contributed by atoms with van der Waals surface area (Å²) >= 11 is 0. The van der Waals surface area contributed by atoms with Crippen LogP contribution in [0.5, 0.6) is 0 Å². The van der Waals surface area contributed by atoms with E-state index in [2.05, 4.69) is 0 Å². The van der Waals surface area contributed by atoms with Crippen LogP contribution in [0.3, 0.4) is 0 Å². The predicted octanol–water partition coefficient (Wildman–Crippen LogP) is 3.49. The molecular formula is C12H7F4N. The van der Waals surface area contributed by atoms with E-state index >= 15 is 0 Å². The lowest BCUT2D eigenvalue weighted by atomic mass is 10.0. The highest BCUT2D eigenvalue weighted by Gasteiger charge is 2.16. The summed E-state index contributed by atoms with van der Waals surface area (Å²) in [4.78, 5) is 0. The normalized spacial score (nSPS) is 10.6. The Morgan fingerprint density at radius 1 is 0.765 bits per heavy atom. The van der Waals surface area contributed by atoms with Gasteiger partial charge in [-0.1, -0.05) is 0 Å². The molecule has 0 atom stereocenters. The van der Waals surface area contributed by atoms with Crippen molar-refractivity contribution in [2.45, 2.75) is 0 Å². The van der Waals surface area contributed by atoms with Gasteiger partial charge in [0.15, 0.2) is 0 Å². The molecule has 1 nitrogen and oxygen atoms in total. The molecule has 0 bridgehead atoms. The van der Waals surface area contributed by atoms with Gasteiger partial charge in [0.05, 0.1) is 5.56 Å². The van der Waals surface area contributed by atoms with Crippen molar-refractivity contribution >= 4 is 5.69 Å². The van der Waals surface area contributed by atoms with E-state index in [4.69, 9.17) is 5.73 Å². The predicted molar refractivity (Wildman–Crippen MR) is 56.1 cm³/mol. The van der Waals surface area contributed by atoms with Crippen LogP contribution < -0.4 is 5.73 Å². The van der Waals surface area contributed by atoms with Gasteiger partial charge in [0.1, 0.15) is 23.3 Å². The molecule has 0 unspecified atom stereocenters. The van der Waals surface area contributed by atoms with Crippen LogP contribution >= 0.6 is 0 Å². The molecule has 2 aromatic carbocycles. The lowest BCUT2D eigenvalue weighted by Crippen LogP contribution is -1.96. The Hall–Kier alpha value is -2.04. The van der Waals surface area contributed by atoms with E-state index in [1.165, 1.54) is 6.07 Å². The molecule has 2 N–H and O–H groups in total. The van der Waals surface area contributed by atoms with E-state index in [1.807, 2.05) is 0 Å². The first-order valence-electron chi connectivity index (χ1n) is 4.69. The summed E-state index contributed by atoms with van der Waals surface area (Å²) < 4.78 is 53.0. The molecule has 88 valence electrons. The fourth-order valence-corrected chi connectivity index (χ4v) is 1.53. The number of benzene rings is 2. The van der Waals surface area contributed by atoms with Gasteiger partial charge in [-0.2, -0.15) is 0 Å². The lowest BCUT2D eigenvalue weighted by molar-refractivity contribution is 0.545. The van der Waals surface area contributed by atoms with Crippen LogP contribution in [0.4, 0.5) is 23.2 Å². The zero-order valence-corrected chi connectivity index (χ0v) is 8.48. The summed E-state index contributed by atoms with van der Waals surface area (Å²) in [5.74, 6) is -4.24. The first-order chi connectivity index (χ1) is 7.99. The number of rotatable bonds is 1. The Kier molecular flexibility index (Phi) is 2.75. The molecule has 0 heterocycles. The average molecular weight is 241 g/mol. The van der Waals surface area contributed by atoms with Crippen molar-refractivity contribution in [1.82, 2.24) is 0 Å². The maximum atomic E-state index is 13.5. The zero-order valence-electron chi connectivity index (χ0n) is 8.48. The van der Waals surface area contributed by atoms with Gasteiger partial charge >= 0.3 is 0 Å². The van der Waals surface area contributed by atoms with Crippen molar-refractivity contribution in [3.63, 3.8) is 0 Å². The van der Waals surface area contributed by atoms with Crippen LogP contribution in [0, 0.1) is 23.3 Å². The van der Waals surface area contributed by atoms with Gasteiger partial charge < -0.3 is 5.73 Å². The number of nitrogen functional groups attached to an aromatic ring is 1. The summed E-state index contributed by atoms with van der Waals surface area (Å²) in [7, 11) is 0. The van der Waals surface area contributed by atoms with Gasteiger partial charge in [-0.15, -0.1) is 0 Å². The summed E-state index contributed by atoms with van der Waals surface area (Å²) in [6, 6.07) is 4.38. The molecule has 2 aromatic rings. The van der Waals surface area contributed by atoms with Crippen LogP contribution in [-0.2, 0) is 0 Å². The minimum Gasteiger partial charge on any atom is -0.399 e. The fraction of sp³-hybridized carbons (Fsp3) is 0. The van der Waals surface area contributed by atoms with Crippen molar-refractivity contribution in [2.75, 3.05) is 5.73 Å². The molecule has 0 aliphatic heterocycles. The highest BCUT2D eigenvalue weighted by Crippen LogP contribution is 2.29. The molecule has 0 radical (unpaired) electrons. The number of nitrogens with two attached hydrogens (primary N) is 1. The van der Waals surface area contributed by atoms with E-state index in [0.29, 0.717) is 12.1 Å². The van der Waals surface area contributed by atoms with Crippen LogP contribution in [0.25, 0.3) is 11.1 Å². The van der Waals surface area contributed by atoms with Crippen molar-refractivity contribution in [3.05, 3.63) is 53.6 Å². The second-order valence-electron chi connectivity index (χ2n) is 3.48. The Balaban J connectivity index is 2.68. The van der Waals surface area contributed by atoms with Crippen LogP contribution in [-0.4, -0.2) is 0 Å². The molecule has 0 spiro atoms. The van der Waals surface area contributed by atoms with Gasteiger partial charge in [0.2, 0.25) is 0 Å². The monoisotopic (exact) mass is 241 g/mol. The third kappa shape index (κ3) is 2.08. The van der Waals surface area contributed by atoms with E-state index in [-0.39, 0.29) is 11.3 Å². The molecule has 0 aromatic heterocycles. The van der Waals surface area contributed by atoms with Crippen LogP contribution in [0.1, 0.15) is 0 Å². The Bertz CT molecular complexity index is 558. The lowest BCUT2D eigenvalue weighted by Gasteiger charge is -2.07. The molecule has 0 aliphatic rings. The second kappa shape index (κ2) is 4.08. The number of hydrogen-bond donors (Lipinski definition) is 1. The van der Waals surface area contributed by atoms with E-state index in [9.17, 15) is 17.6 Å². The molecular weight excluding hydrogens is 234 g/mol. The maximum Gasteiger partial charge on any atom is 0.136 e. The maximum absolute atomic E-state index is 13.5. The van der Waals surface area contributed by atoms with Crippen molar-refractivity contribution < 1.29 is 17.6 Å². The molecule has 2 rings (SSSR count). The Morgan fingerprint density at radius 3 is 1.88 bits per heavy atom. The van der Waals surface area contributed by atoms with Gasteiger partial charge in [0, 0.05) is 23.4 Å². The summed E-state index contributed by atoms with van der Waals surface area (Å²) in [6.45, 7) is 0. The first kappa shape index (κ1) is 11.4. The third-order valence-corrected chi connectivity index (χ3v) is 2.27. The molecule has 0 fully saturated rings. The highest BCUT2D eigenvalue weighted by atomic mass is 19.1. The minimum absolute atomic E-state index is 0.133. The molecule has 0 saturated carbocycles. The highest BCUT2D eigenvalue weighted by molar-refractivity contribution is 5.67. The Labute approximate surface area is 94.5 Å². The number of halogens is 4. The first-order valence-corrected chi connectivity index (χ1v) is 4.69. The summed E-state index contributed by atoms with van der Waals surface area (Å²) in [6.07, 6.45) is 0. The van der Waals surface area contributed by atoms with E-state index in [0.717, 1.165) is 12.1 Å². The fourth-order valence-electron chi connectivity index (χ4n) is 1.53. The van der Waals surface area contributed by atoms with Gasteiger partial charge in [-0.3, -0.25) is 0 Å². The molecule has 0 saturated heterocycles. The van der Waals surface area contributed by atoms with Crippen molar-refractivity contribution in [2.24, 2.45) is 0 Å². The van der Waals surface area contributed by atoms with Crippen LogP contribution in [0.2, 0.25) is 0 Å². The largest absolute Gasteiger partial charge is 0.399 e. The number of anilines is 1. The van der Waals surface area contributed by atoms with E-state index < -0.39 is 28.8 Å². The van der Waals surface area contributed by atoms with Gasteiger partial charge in [-0.25, -0.2) is 17.6 Å². The van der Waals surface area contributed by atoms with Crippen LogP contribution in [0.15, 0.2) is 30.3 Å². The SMILES string of the molecule is Nc1ccc(-c2c(F)cc(F)cc2F)c(F)c1. The van der Waals surface area contributed by atoms with Gasteiger partial charge in [0.25, 0.3) is 0 Å². The Morgan fingerprint density at radius 2 is 1.35 bits per heavy atom. The molecule has 0 amide bonds. The van der Waals surface area contributed by atoms with Crippen molar-refractivity contribution in [3.8, 4) is 11.1 Å².